The number of hydrogen-bond acceptors (Lipinski definition) is 3. The molecule has 2 aromatic carbocycles. The Bertz CT molecular complexity index is 894. The normalized spacial score (nSPS) is 18.6. The number of hydrogen-bond donors (Lipinski definition) is 0. The lowest BCUT2D eigenvalue weighted by molar-refractivity contribution is 0.0681. The molecular weight excluding hydrogens is 370 g/mol. The van der Waals surface area contributed by atoms with Crippen molar-refractivity contribution in [1.29, 1.82) is 0 Å². The van der Waals surface area contributed by atoms with Gasteiger partial charge in [-0.15, -0.1) is 0 Å². The first-order valence-electron chi connectivity index (χ1n) is 8.73. The molecular formula is C20H22ClNO3S. The average molecular weight is 392 g/mol. The predicted molar refractivity (Wildman–Crippen MR) is 104 cm³/mol. The Morgan fingerprint density at radius 3 is 2.42 bits per heavy atom. The number of aryl methyl sites for hydroxylation is 1. The summed E-state index contributed by atoms with van der Waals surface area (Å²) in [5, 5.41) is 0.488. The summed E-state index contributed by atoms with van der Waals surface area (Å²) in [5.74, 6) is -0.0350. The predicted octanol–water partition coefficient (Wildman–Crippen LogP) is 3.73. The fourth-order valence-electron chi connectivity index (χ4n) is 3.25. The monoisotopic (exact) mass is 391 g/mol. The molecule has 0 unspecified atom stereocenters. The van der Waals surface area contributed by atoms with Gasteiger partial charge in [0.25, 0.3) is 5.91 Å². The minimum atomic E-state index is -3.09. The zero-order valence-electron chi connectivity index (χ0n) is 14.7. The van der Waals surface area contributed by atoms with Gasteiger partial charge in [-0.05, 0) is 42.2 Å². The molecule has 0 spiro atoms. The van der Waals surface area contributed by atoms with E-state index in [0.29, 0.717) is 23.6 Å². The van der Waals surface area contributed by atoms with E-state index in [9.17, 15) is 13.2 Å². The highest BCUT2D eigenvalue weighted by Crippen LogP contribution is 2.23. The molecule has 0 bridgehead atoms. The van der Waals surface area contributed by atoms with Gasteiger partial charge in [0.2, 0.25) is 0 Å². The van der Waals surface area contributed by atoms with Crippen LogP contribution < -0.4 is 0 Å². The molecule has 0 aromatic heterocycles. The standard InChI is InChI=1S/C20H22ClNO3S/c1-2-15-6-8-16(9-7-15)13-22(19-10-11-26(24,25)14-19)20(23)17-4-3-5-18(21)12-17/h3-9,12,19H,2,10-11,13-14H2,1H3/t19-/m1/s1. The van der Waals surface area contributed by atoms with Crippen LogP contribution >= 0.6 is 11.6 Å². The Hall–Kier alpha value is -1.85. The van der Waals surface area contributed by atoms with Crippen molar-refractivity contribution in [3.8, 4) is 0 Å². The second kappa shape index (κ2) is 7.80. The van der Waals surface area contributed by atoms with Crippen LogP contribution in [0.4, 0.5) is 0 Å². The number of halogens is 1. The number of carbonyl (C=O) groups excluding carboxylic acids is 1. The van der Waals surface area contributed by atoms with E-state index in [-0.39, 0.29) is 23.5 Å². The molecule has 0 radical (unpaired) electrons. The molecule has 138 valence electrons. The third-order valence-corrected chi connectivity index (χ3v) is 6.75. The summed E-state index contributed by atoms with van der Waals surface area (Å²) in [6, 6.07) is 14.6. The molecule has 2 aromatic rings. The Labute approximate surface area is 159 Å². The van der Waals surface area contributed by atoms with Crippen LogP contribution in [0, 0.1) is 0 Å². The molecule has 1 amide bonds. The lowest BCUT2D eigenvalue weighted by Gasteiger charge is -2.28. The molecule has 1 fully saturated rings. The summed E-state index contributed by atoms with van der Waals surface area (Å²) in [6.07, 6.45) is 1.42. The molecule has 3 rings (SSSR count). The fraction of sp³-hybridized carbons (Fsp3) is 0.350. The van der Waals surface area contributed by atoms with Crippen molar-refractivity contribution in [2.45, 2.75) is 32.4 Å². The maximum absolute atomic E-state index is 13.1. The highest BCUT2D eigenvalue weighted by molar-refractivity contribution is 7.91. The van der Waals surface area contributed by atoms with Gasteiger partial charge in [-0.3, -0.25) is 4.79 Å². The number of benzene rings is 2. The van der Waals surface area contributed by atoms with Crippen LogP contribution in [0.2, 0.25) is 5.02 Å². The van der Waals surface area contributed by atoms with Gasteiger partial charge in [-0.2, -0.15) is 0 Å². The van der Waals surface area contributed by atoms with Gasteiger partial charge in [0.1, 0.15) is 0 Å². The van der Waals surface area contributed by atoms with E-state index in [2.05, 4.69) is 6.92 Å². The smallest absolute Gasteiger partial charge is 0.254 e. The summed E-state index contributed by atoms with van der Waals surface area (Å²) >= 11 is 6.03. The average Bonchev–Trinajstić information content (AvgIpc) is 2.99. The summed E-state index contributed by atoms with van der Waals surface area (Å²) < 4.78 is 23.9. The van der Waals surface area contributed by atoms with Crippen LogP contribution in [0.15, 0.2) is 48.5 Å². The lowest BCUT2D eigenvalue weighted by Crippen LogP contribution is -2.40. The quantitative estimate of drug-likeness (QED) is 0.780. The number of sulfone groups is 1. The Balaban J connectivity index is 1.89. The molecule has 1 saturated heterocycles. The molecule has 0 N–H and O–H groups in total. The van der Waals surface area contributed by atoms with E-state index >= 15 is 0 Å². The van der Waals surface area contributed by atoms with Gasteiger partial charge in [0, 0.05) is 23.2 Å². The molecule has 1 aliphatic rings. The maximum atomic E-state index is 13.1. The fourth-order valence-corrected chi connectivity index (χ4v) is 5.17. The van der Waals surface area contributed by atoms with Crippen LogP contribution in [-0.2, 0) is 22.8 Å². The summed E-state index contributed by atoms with van der Waals surface area (Å²) in [5.41, 5.74) is 2.69. The highest BCUT2D eigenvalue weighted by Gasteiger charge is 2.35. The maximum Gasteiger partial charge on any atom is 0.254 e. The van der Waals surface area contributed by atoms with E-state index in [4.69, 9.17) is 11.6 Å². The number of rotatable bonds is 5. The molecule has 4 nitrogen and oxygen atoms in total. The van der Waals surface area contributed by atoms with Crippen LogP contribution in [0.25, 0.3) is 0 Å². The zero-order chi connectivity index (χ0) is 18.7. The van der Waals surface area contributed by atoms with Crippen molar-refractivity contribution in [1.82, 2.24) is 4.90 Å². The number of nitrogens with zero attached hydrogens (tertiary/aromatic N) is 1. The Kier molecular flexibility index (Phi) is 5.68. The van der Waals surface area contributed by atoms with Crippen LogP contribution in [-0.4, -0.2) is 36.8 Å². The van der Waals surface area contributed by atoms with Crippen molar-refractivity contribution in [2.24, 2.45) is 0 Å². The number of carbonyl (C=O) groups is 1. The topological polar surface area (TPSA) is 54.5 Å². The van der Waals surface area contributed by atoms with E-state index in [0.717, 1.165) is 12.0 Å². The summed E-state index contributed by atoms with van der Waals surface area (Å²) in [4.78, 5) is 14.8. The first-order valence-corrected chi connectivity index (χ1v) is 10.9. The lowest BCUT2D eigenvalue weighted by atomic mass is 10.1. The number of amides is 1. The minimum absolute atomic E-state index is 0.0202. The first kappa shape index (κ1) is 18.9. The summed E-state index contributed by atoms with van der Waals surface area (Å²) in [6.45, 7) is 2.48. The zero-order valence-corrected chi connectivity index (χ0v) is 16.3. The molecule has 1 aliphatic heterocycles. The van der Waals surface area contributed by atoms with Crippen molar-refractivity contribution >= 4 is 27.3 Å². The highest BCUT2D eigenvalue weighted by atomic mass is 35.5. The second-order valence-corrected chi connectivity index (χ2v) is 9.34. The van der Waals surface area contributed by atoms with E-state index in [1.54, 1.807) is 29.2 Å². The van der Waals surface area contributed by atoms with Crippen LogP contribution in [0.1, 0.15) is 34.8 Å². The third-order valence-electron chi connectivity index (χ3n) is 4.77. The Morgan fingerprint density at radius 1 is 1.15 bits per heavy atom. The van der Waals surface area contributed by atoms with Gasteiger partial charge >= 0.3 is 0 Å². The van der Waals surface area contributed by atoms with Gasteiger partial charge < -0.3 is 4.90 Å². The molecule has 6 heteroatoms. The van der Waals surface area contributed by atoms with Crippen LogP contribution in [0.3, 0.4) is 0 Å². The third kappa shape index (κ3) is 4.46. The molecule has 1 atom stereocenters. The van der Waals surface area contributed by atoms with Gasteiger partial charge in [-0.1, -0.05) is 48.9 Å². The second-order valence-electron chi connectivity index (χ2n) is 6.67. The minimum Gasteiger partial charge on any atom is -0.330 e. The van der Waals surface area contributed by atoms with E-state index in [1.165, 1.54) is 5.56 Å². The molecule has 1 heterocycles. The van der Waals surface area contributed by atoms with Crippen molar-refractivity contribution < 1.29 is 13.2 Å². The van der Waals surface area contributed by atoms with Gasteiger partial charge in [-0.25, -0.2) is 8.42 Å². The van der Waals surface area contributed by atoms with Crippen molar-refractivity contribution in [2.75, 3.05) is 11.5 Å². The van der Waals surface area contributed by atoms with E-state index < -0.39 is 9.84 Å². The Morgan fingerprint density at radius 2 is 1.85 bits per heavy atom. The van der Waals surface area contributed by atoms with Crippen molar-refractivity contribution in [3.05, 3.63) is 70.2 Å². The van der Waals surface area contributed by atoms with E-state index in [1.807, 2.05) is 24.3 Å². The largest absolute Gasteiger partial charge is 0.330 e. The SMILES string of the molecule is CCc1ccc(CN(C(=O)c2cccc(Cl)c2)[C@@H]2CCS(=O)(=O)C2)cc1. The molecule has 0 aliphatic carbocycles. The molecule has 0 saturated carbocycles. The molecule has 26 heavy (non-hydrogen) atoms. The van der Waals surface area contributed by atoms with Crippen LogP contribution in [0.5, 0.6) is 0 Å². The first-order chi connectivity index (χ1) is 12.4. The summed E-state index contributed by atoms with van der Waals surface area (Å²) in [7, 11) is -3.09. The van der Waals surface area contributed by atoms with Crippen molar-refractivity contribution in [3.63, 3.8) is 0 Å². The van der Waals surface area contributed by atoms with Gasteiger partial charge in [0.15, 0.2) is 9.84 Å². The van der Waals surface area contributed by atoms with Gasteiger partial charge in [0.05, 0.1) is 11.5 Å².